The van der Waals surface area contributed by atoms with Crippen LogP contribution in [0.4, 0.5) is 20.4 Å². The lowest BCUT2D eigenvalue weighted by atomic mass is 10.1. The average molecular weight is 474 g/mol. The zero-order chi connectivity index (χ0) is 23.8. The maximum atomic E-state index is 14.1. The fraction of sp³-hybridized carbons (Fsp3) is 0.100. The molecule has 0 unspecified atom stereocenters. The smallest absolute Gasteiger partial charge is 0.264 e. The number of halogens is 2. The zero-order valence-corrected chi connectivity index (χ0v) is 18.0. The summed E-state index contributed by atoms with van der Waals surface area (Å²) < 4.78 is 61.4. The van der Waals surface area contributed by atoms with Gasteiger partial charge in [0.25, 0.3) is 10.0 Å². The van der Waals surface area contributed by atoms with Crippen molar-refractivity contribution in [3.8, 4) is 17.0 Å². The molecule has 0 saturated carbocycles. The lowest BCUT2D eigenvalue weighted by Gasteiger charge is -2.13. The van der Waals surface area contributed by atoms with Crippen molar-refractivity contribution in [3.05, 3.63) is 60.4 Å². The number of nitrogens with one attached hydrogen (secondary N) is 2. The van der Waals surface area contributed by atoms with Crippen molar-refractivity contribution < 1.29 is 26.7 Å². The van der Waals surface area contributed by atoms with E-state index >= 15 is 0 Å². The van der Waals surface area contributed by atoms with E-state index in [-0.39, 0.29) is 23.4 Å². The summed E-state index contributed by atoms with van der Waals surface area (Å²) >= 11 is 0. The molecule has 33 heavy (non-hydrogen) atoms. The van der Waals surface area contributed by atoms with Gasteiger partial charge in [-0.15, -0.1) is 5.10 Å². The third kappa shape index (κ3) is 4.57. The molecule has 1 amide bonds. The number of carbonyl (C=O) groups is 1. The van der Waals surface area contributed by atoms with Gasteiger partial charge in [-0.2, -0.15) is 4.98 Å². The van der Waals surface area contributed by atoms with Gasteiger partial charge < -0.3 is 4.74 Å². The first-order valence-corrected chi connectivity index (χ1v) is 10.8. The number of sulfonamides is 1. The number of nitrogens with zero attached hydrogens (tertiary/aromatic N) is 4. The van der Waals surface area contributed by atoms with Crippen LogP contribution >= 0.6 is 0 Å². The van der Waals surface area contributed by atoms with E-state index in [9.17, 15) is 22.0 Å². The van der Waals surface area contributed by atoms with Gasteiger partial charge >= 0.3 is 0 Å². The quantitative estimate of drug-likeness (QED) is 0.440. The lowest BCUT2D eigenvalue weighted by Crippen LogP contribution is -2.15. The van der Waals surface area contributed by atoms with E-state index in [0.717, 1.165) is 12.1 Å². The van der Waals surface area contributed by atoms with Gasteiger partial charge in [-0.3, -0.25) is 14.8 Å². The number of hydrogen-bond donors (Lipinski definition) is 2. The summed E-state index contributed by atoms with van der Waals surface area (Å²) in [7, 11) is -3.12. The molecule has 13 heteroatoms. The van der Waals surface area contributed by atoms with E-state index in [0.29, 0.717) is 22.8 Å². The summed E-state index contributed by atoms with van der Waals surface area (Å²) in [6.45, 7) is 1.33. The van der Waals surface area contributed by atoms with E-state index in [1.807, 2.05) is 0 Å². The first kappa shape index (κ1) is 22.1. The highest BCUT2D eigenvalue weighted by Crippen LogP contribution is 2.30. The minimum Gasteiger partial charge on any atom is -0.480 e. The Balaban J connectivity index is 1.71. The Bertz CT molecular complexity index is 1490. The summed E-state index contributed by atoms with van der Waals surface area (Å²) in [4.78, 5) is 18.7. The van der Waals surface area contributed by atoms with Gasteiger partial charge in [0.05, 0.1) is 7.11 Å². The van der Waals surface area contributed by atoms with Crippen molar-refractivity contribution in [3.63, 3.8) is 0 Å². The van der Waals surface area contributed by atoms with E-state index in [4.69, 9.17) is 4.74 Å². The number of aromatic nitrogens is 4. The molecule has 4 aromatic rings. The standard InChI is InChI=1S/C20H16F2N6O4S/c1-11(29)24-20-25-18-6-3-12(10-28(18)26-20)13-7-16(19(32-2)23-9-13)27-33(30,31)17-5-4-14(21)8-15(17)22/h3-10,27H,1-2H3,(H,24,26,29). The number of benzene rings is 1. The van der Waals surface area contributed by atoms with Crippen LogP contribution in [0.5, 0.6) is 5.88 Å². The van der Waals surface area contributed by atoms with Crippen molar-refractivity contribution in [2.24, 2.45) is 0 Å². The molecule has 0 fully saturated rings. The number of amides is 1. The monoisotopic (exact) mass is 474 g/mol. The van der Waals surface area contributed by atoms with Gasteiger partial charge in [-0.05, 0) is 30.3 Å². The highest BCUT2D eigenvalue weighted by molar-refractivity contribution is 7.92. The van der Waals surface area contributed by atoms with Gasteiger partial charge in [0.15, 0.2) is 5.65 Å². The van der Waals surface area contributed by atoms with Crippen molar-refractivity contribution in [1.29, 1.82) is 0 Å². The Morgan fingerprint density at radius 3 is 2.61 bits per heavy atom. The van der Waals surface area contributed by atoms with Gasteiger partial charge in [0, 0.05) is 36.5 Å². The van der Waals surface area contributed by atoms with Gasteiger partial charge in [0.1, 0.15) is 22.2 Å². The number of anilines is 2. The highest BCUT2D eigenvalue weighted by atomic mass is 32.2. The second-order valence-electron chi connectivity index (χ2n) is 6.80. The number of pyridine rings is 2. The molecule has 0 radical (unpaired) electrons. The summed E-state index contributed by atoms with van der Waals surface area (Å²) in [6.07, 6.45) is 3.05. The number of hydrogen-bond acceptors (Lipinski definition) is 7. The van der Waals surface area contributed by atoms with E-state index in [1.54, 1.807) is 18.3 Å². The number of carbonyl (C=O) groups excluding carboxylic acids is 1. The maximum absolute atomic E-state index is 14.1. The van der Waals surface area contributed by atoms with Crippen LogP contribution in [0.3, 0.4) is 0 Å². The molecular weight excluding hydrogens is 458 g/mol. The molecule has 0 aliphatic carbocycles. The Kier molecular flexibility index (Phi) is 5.64. The minimum atomic E-state index is -4.41. The predicted molar refractivity (Wildman–Crippen MR) is 114 cm³/mol. The predicted octanol–water partition coefficient (Wildman–Crippen LogP) is 2.84. The average Bonchev–Trinajstić information content (AvgIpc) is 3.13. The second kappa shape index (κ2) is 8.43. The molecule has 3 aromatic heterocycles. The van der Waals surface area contributed by atoms with Crippen LogP contribution in [0, 0.1) is 11.6 Å². The first-order valence-electron chi connectivity index (χ1n) is 9.32. The highest BCUT2D eigenvalue weighted by Gasteiger charge is 2.22. The normalized spacial score (nSPS) is 11.4. The first-order chi connectivity index (χ1) is 15.7. The molecule has 10 nitrogen and oxygen atoms in total. The maximum Gasteiger partial charge on any atom is 0.264 e. The number of fused-ring (bicyclic) bond motifs is 1. The Hall–Kier alpha value is -4.13. The molecule has 1 aromatic carbocycles. The molecule has 0 atom stereocenters. The molecule has 0 bridgehead atoms. The summed E-state index contributed by atoms with van der Waals surface area (Å²) in [5, 5.41) is 6.64. The van der Waals surface area contributed by atoms with E-state index < -0.39 is 26.6 Å². The third-order valence-corrected chi connectivity index (χ3v) is 5.82. The summed E-state index contributed by atoms with van der Waals surface area (Å²) in [5.41, 5.74) is 1.48. The van der Waals surface area contributed by atoms with Gasteiger partial charge in [0.2, 0.25) is 17.7 Å². The fourth-order valence-electron chi connectivity index (χ4n) is 3.00. The van der Waals surface area contributed by atoms with Crippen LogP contribution in [0.25, 0.3) is 16.8 Å². The van der Waals surface area contributed by atoms with E-state index in [1.165, 1.54) is 30.8 Å². The molecular formula is C20H16F2N6O4S. The molecule has 0 aliphatic heterocycles. The topological polar surface area (TPSA) is 128 Å². The molecule has 2 N–H and O–H groups in total. The molecule has 4 rings (SSSR count). The van der Waals surface area contributed by atoms with Crippen molar-refractivity contribution >= 4 is 33.2 Å². The minimum absolute atomic E-state index is 0.0559. The molecule has 0 saturated heterocycles. The van der Waals surface area contributed by atoms with Gasteiger partial charge in [-0.25, -0.2) is 26.7 Å². The van der Waals surface area contributed by atoms with E-state index in [2.05, 4.69) is 25.1 Å². The number of methoxy groups -OCH3 is 1. The molecule has 0 aliphatic rings. The van der Waals surface area contributed by atoms with Crippen LogP contribution < -0.4 is 14.8 Å². The van der Waals surface area contributed by atoms with Crippen molar-refractivity contribution in [2.45, 2.75) is 11.8 Å². The van der Waals surface area contributed by atoms with Crippen LogP contribution in [-0.2, 0) is 14.8 Å². The third-order valence-electron chi connectivity index (χ3n) is 4.42. The second-order valence-corrected chi connectivity index (χ2v) is 8.45. The van der Waals surface area contributed by atoms with Gasteiger partial charge in [-0.1, -0.05) is 0 Å². The fourth-order valence-corrected chi connectivity index (χ4v) is 4.11. The number of ether oxygens (including phenoxy) is 1. The Morgan fingerprint density at radius 1 is 1.12 bits per heavy atom. The van der Waals surface area contributed by atoms with Crippen LogP contribution in [0.1, 0.15) is 6.92 Å². The van der Waals surface area contributed by atoms with Crippen LogP contribution in [-0.4, -0.2) is 41.0 Å². The van der Waals surface area contributed by atoms with Crippen molar-refractivity contribution in [1.82, 2.24) is 19.6 Å². The Morgan fingerprint density at radius 2 is 1.91 bits per heavy atom. The Labute approximate surface area is 186 Å². The zero-order valence-electron chi connectivity index (χ0n) is 17.2. The van der Waals surface area contributed by atoms with Crippen LogP contribution in [0.15, 0.2) is 53.7 Å². The molecule has 170 valence electrons. The molecule has 3 heterocycles. The molecule has 0 spiro atoms. The van der Waals surface area contributed by atoms with Crippen LogP contribution in [0.2, 0.25) is 0 Å². The van der Waals surface area contributed by atoms with Crippen molar-refractivity contribution in [2.75, 3.05) is 17.1 Å². The summed E-state index contributed by atoms with van der Waals surface area (Å²) in [5.74, 6) is -2.39. The largest absolute Gasteiger partial charge is 0.480 e. The SMILES string of the molecule is COc1ncc(-c2ccc3nc(NC(C)=O)nn3c2)cc1NS(=O)(=O)c1ccc(F)cc1F. The lowest BCUT2D eigenvalue weighted by molar-refractivity contribution is -0.114. The number of rotatable bonds is 6. The summed E-state index contributed by atoms with van der Waals surface area (Å²) in [6, 6.07) is 6.92.